The minimum Gasteiger partial charge on any atom is -0.303 e. The van der Waals surface area contributed by atoms with E-state index in [9.17, 15) is 4.79 Å². The molecule has 1 fully saturated rings. The van der Waals surface area contributed by atoms with Gasteiger partial charge in [0.15, 0.2) is 0 Å². The first-order valence-electron chi connectivity index (χ1n) is 3.96. The number of carbonyl (C=O) groups excluding carboxylic acids is 1. The van der Waals surface area contributed by atoms with E-state index in [1.807, 2.05) is 0 Å². The van der Waals surface area contributed by atoms with E-state index in [0.717, 1.165) is 25.0 Å². The number of allylic oxidation sites excluding steroid dienone is 1. The molecule has 0 N–H and O–H groups in total. The largest absolute Gasteiger partial charge is 0.303 e. The fraction of sp³-hybridized carbons (Fsp3) is 0.667. The van der Waals surface area contributed by atoms with Gasteiger partial charge in [-0.25, -0.2) is 0 Å². The average molecular weight is 138 g/mol. The SMILES string of the molecule is C=C1CC1CCCCC=O. The number of unbranched alkanes of at least 4 members (excludes halogenated alkanes) is 2. The van der Waals surface area contributed by atoms with Crippen molar-refractivity contribution in [3.05, 3.63) is 12.2 Å². The fourth-order valence-corrected chi connectivity index (χ4v) is 1.18. The monoisotopic (exact) mass is 138 g/mol. The maximum absolute atomic E-state index is 9.91. The maximum atomic E-state index is 9.91. The Balaban J connectivity index is 1.86. The van der Waals surface area contributed by atoms with Crippen molar-refractivity contribution >= 4 is 6.29 Å². The van der Waals surface area contributed by atoms with Crippen molar-refractivity contribution in [1.82, 2.24) is 0 Å². The third-order valence-electron chi connectivity index (χ3n) is 2.05. The lowest BCUT2D eigenvalue weighted by Crippen LogP contribution is -1.80. The molecular weight excluding hydrogens is 124 g/mol. The van der Waals surface area contributed by atoms with Gasteiger partial charge in [0.25, 0.3) is 0 Å². The van der Waals surface area contributed by atoms with Gasteiger partial charge in [-0.3, -0.25) is 0 Å². The van der Waals surface area contributed by atoms with Crippen molar-refractivity contribution in [1.29, 1.82) is 0 Å². The minimum atomic E-state index is 0.735. The van der Waals surface area contributed by atoms with Crippen LogP contribution in [0.3, 0.4) is 0 Å². The third kappa shape index (κ3) is 2.34. The van der Waals surface area contributed by atoms with Crippen LogP contribution in [-0.4, -0.2) is 6.29 Å². The Labute approximate surface area is 62.1 Å². The second kappa shape index (κ2) is 3.55. The Hall–Kier alpha value is -0.590. The summed E-state index contributed by atoms with van der Waals surface area (Å²) in [4.78, 5) is 9.91. The summed E-state index contributed by atoms with van der Waals surface area (Å²) < 4.78 is 0. The molecule has 0 bridgehead atoms. The average Bonchev–Trinajstić information content (AvgIpc) is 2.60. The molecule has 0 heterocycles. The van der Waals surface area contributed by atoms with Crippen LogP contribution in [0.1, 0.15) is 32.1 Å². The molecule has 1 rings (SSSR count). The lowest BCUT2D eigenvalue weighted by molar-refractivity contribution is -0.107. The topological polar surface area (TPSA) is 17.1 Å². The second-order valence-electron chi connectivity index (χ2n) is 3.01. The molecule has 0 amide bonds. The van der Waals surface area contributed by atoms with Gasteiger partial charge in [0, 0.05) is 6.42 Å². The Kier molecular flexibility index (Phi) is 2.67. The van der Waals surface area contributed by atoms with E-state index in [1.54, 1.807) is 0 Å². The predicted octanol–water partition coefficient (Wildman–Crippen LogP) is 2.32. The van der Waals surface area contributed by atoms with E-state index >= 15 is 0 Å². The molecule has 0 aromatic heterocycles. The van der Waals surface area contributed by atoms with Gasteiger partial charge in [-0.15, -0.1) is 0 Å². The van der Waals surface area contributed by atoms with E-state index < -0.39 is 0 Å². The van der Waals surface area contributed by atoms with E-state index in [0.29, 0.717) is 0 Å². The Morgan fingerprint density at radius 2 is 2.30 bits per heavy atom. The van der Waals surface area contributed by atoms with Crippen molar-refractivity contribution in [2.24, 2.45) is 5.92 Å². The molecule has 1 aliphatic carbocycles. The molecule has 56 valence electrons. The van der Waals surface area contributed by atoms with Crippen LogP contribution in [0, 0.1) is 5.92 Å². The molecule has 0 radical (unpaired) electrons. The highest BCUT2D eigenvalue weighted by molar-refractivity contribution is 5.48. The van der Waals surface area contributed by atoms with Gasteiger partial charge < -0.3 is 4.79 Å². The summed E-state index contributed by atoms with van der Waals surface area (Å²) >= 11 is 0. The zero-order valence-corrected chi connectivity index (χ0v) is 6.31. The quantitative estimate of drug-likeness (QED) is 0.324. The van der Waals surface area contributed by atoms with Crippen molar-refractivity contribution < 1.29 is 4.79 Å². The number of hydrogen-bond acceptors (Lipinski definition) is 1. The summed E-state index contributed by atoms with van der Waals surface area (Å²) in [7, 11) is 0. The molecule has 1 unspecified atom stereocenters. The number of aldehydes is 1. The van der Waals surface area contributed by atoms with Crippen LogP contribution in [0.25, 0.3) is 0 Å². The van der Waals surface area contributed by atoms with Gasteiger partial charge in [-0.2, -0.15) is 0 Å². The van der Waals surface area contributed by atoms with E-state index in [1.165, 1.54) is 24.8 Å². The molecule has 0 aliphatic heterocycles. The summed E-state index contributed by atoms with van der Waals surface area (Å²) in [6.07, 6.45) is 6.49. The number of hydrogen-bond donors (Lipinski definition) is 0. The first kappa shape index (κ1) is 7.52. The molecule has 1 atom stereocenters. The first-order valence-corrected chi connectivity index (χ1v) is 3.96. The summed E-state index contributed by atoms with van der Waals surface area (Å²) in [5, 5.41) is 0. The van der Waals surface area contributed by atoms with Crippen molar-refractivity contribution in [3.63, 3.8) is 0 Å². The van der Waals surface area contributed by atoms with Crippen LogP contribution in [0.4, 0.5) is 0 Å². The van der Waals surface area contributed by atoms with Crippen molar-refractivity contribution in [3.8, 4) is 0 Å². The standard InChI is InChI=1S/C9H14O/c1-8-7-9(8)5-3-2-4-6-10/h6,9H,1-5,7H2. The molecule has 1 saturated carbocycles. The molecular formula is C9H14O. The lowest BCUT2D eigenvalue weighted by atomic mass is 10.1. The van der Waals surface area contributed by atoms with Crippen LogP contribution in [0.15, 0.2) is 12.2 Å². The van der Waals surface area contributed by atoms with Gasteiger partial charge in [0.1, 0.15) is 6.29 Å². The fourth-order valence-electron chi connectivity index (χ4n) is 1.18. The van der Waals surface area contributed by atoms with Crippen LogP contribution in [0.2, 0.25) is 0 Å². The normalized spacial score (nSPS) is 22.8. The zero-order chi connectivity index (χ0) is 7.40. The van der Waals surface area contributed by atoms with Crippen LogP contribution in [0.5, 0.6) is 0 Å². The van der Waals surface area contributed by atoms with E-state index in [-0.39, 0.29) is 0 Å². The maximum Gasteiger partial charge on any atom is 0.119 e. The van der Waals surface area contributed by atoms with Crippen molar-refractivity contribution in [2.45, 2.75) is 32.1 Å². The van der Waals surface area contributed by atoms with Crippen molar-refractivity contribution in [2.75, 3.05) is 0 Å². The molecule has 1 heteroatoms. The van der Waals surface area contributed by atoms with Gasteiger partial charge in [-0.05, 0) is 25.2 Å². The summed E-state index contributed by atoms with van der Waals surface area (Å²) in [6.45, 7) is 3.88. The smallest absolute Gasteiger partial charge is 0.119 e. The lowest BCUT2D eigenvalue weighted by Gasteiger charge is -1.92. The van der Waals surface area contributed by atoms with Crippen LogP contribution in [-0.2, 0) is 4.79 Å². The molecule has 1 aliphatic rings. The van der Waals surface area contributed by atoms with Gasteiger partial charge in [0.05, 0.1) is 0 Å². The third-order valence-corrected chi connectivity index (χ3v) is 2.05. The predicted molar refractivity (Wildman–Crippen MR) is 41.8 cm³/mol. The Morgan fingerprint density at radius 3 is 2.80 bits per heavy atom. The van der Waals surface area contributed by atoms with Gasteiger partial charge >= 0.3 is 0 Å². The second-order valence-corrected chi connectivity index (χ2v) is 3.01. The zero-order valence-electron chi connectivity index (χ0n) is 6.31. The summed E-state index contributed by atoms with van der Waals surface area (Å²) in [6, 6.07) is 0. The molecule has 10 heavy (non-hydrogen) atoms. The Morgan fingerprint density at radius 1 is 1.60 bits per heavy atom. The van der Waals surface area contributed by atoms with E-state index in [4.69, 9.17) is 0 Å². The van der Waals surface area contributed by atoms with Crippen LogP contribution >= 0.6 is 0 Å². The van der Waals surface area contributed by atoms with E-state index in [2.05, 4.69) is 6.58 Å². The molecule has 0 aromatic carbocycles. The van der Waals surface area contributed by atoms with Gasteiger partial charge in [0.2, 0.25) is 0 Å². The number of rotatable bonds is 5. The molecule has 0 aromatic rings. The van der Waals surface area contributed by atoms with Crippen LogP contribution < -0.4 is 0 Å². The highest BCUT2D eigenvalue weighted by Crippen LogP contribution is 2.39. The molecule has 0 saturated heterocycles. The molecule has 0 spiro atoms. The molecule has 1 nitrogen and oxygen atoms in total. The Bertz CT molecular complexity index is 138. The first-order chi connectivity index (χ1) is 4.84. The highest BCUT2D eigenvalue weighted by atomic mass is 16.1. The summed E-state index contributed by atoms with van der Waals surface area (Å²) in [5.41, 5.74) is 1.41. The van der Waals surface area contributed by atoms with Gasteiger partial charge in [-0.1, -0.05) is 18.6 Å². The highest BCUT2D eigenvalue weighted by Gasteiger charge is 2.25. The summed E-state index contributed by atoms with van der Waals surface area (Å²) in [5.74, 6) is 0.812. The number of carbonyl (C=O) groups is 1. The minimum absolute atomic E-state index is 0.735.